The summed E-state index contributed by atoms with van der Waals surface area (Å²) >= 11 is 0. The number of hydrogen-bond acceptors (Lipinski definition) is 2. The normalized spacial score (nSPS) is 14.7. The van der Waals surface area contributed by atoms with Gasteiger partial charge in [-0.1, -0.05) is 106 Å². The molecular weight excluding hydrogens is 637 g/mol. The van der Waals surface area contributed by atoms with Gasteiger partial charge in [0.25, 0.3) is 0 Å². The SMILES string of the molecule is CCCCCCn1cc(C2=C(O)C(=C3C=[N+](CCCCCC)c4ccc(C#Cc5ccccc5)cc43)C2=O)c2cc(C#Cc3ccccc3)ccc21. The number of carbonyl (C=O) groups is 1. The number of ketones is 1. The predicted molar refractivity (Wildman–Crippen MR) is 214 cm³/mol. The molecule has 1 aromatic heterocycles. The fourth-order valence-corrected chi connectivity index (χ4v) is 7.17. The smallest absolute Gasteiger partial charge is 0.213 e. The van der Waals surface area contributed by atoms with Crippen LogP contribution in [-0.2, 0) is 11.3 Å². The molecule has 0 saturated carbocycles. The Morgan fingerprint density at radius 1 is 0.635 bits per heavy atom. The van der Waals surface area contributed by atoms with Gasteiger partial charge in [-0.3, -0.25) is 4.79 Å². The van der Waals surface area contributed by atoms with Crippen LogP contribution in [0.25, 0.3) is 22.0 Å². The number of fused-ring (bicyclic) bond motifs is 2. The summed E-state index contributed by atoms with van der Waals surface area (Å²) in [4.78, 5) is 14.3. The number of benzene rings is 4. The van der Waals surface area contributed by atoms with Gasteiger partial charge in [0.15, 0.2) is 6.21 Å². The summed E-state index contributed by atoms with van der Waals surface area (Å²) in [7, 11) is 0. The first-order valence-electron chi connectivity index (χ1n) is 18.8. The van der Waals surface area contributed by atoms with E-state index in [-0.39, 0.29) is 11.5 Å². The van der Waals surface area contributed by atoms with Gasteiger partial charge in [-0.25, -0.2) is 0 Å². The van der Waals surface area contributed by atoms with Gasteiger partial charge < -0.3 is 9.67 Å². The molecule has 0 saturated heterocycles. The van der Waals surface area contributed by atoms with E-state index in [0.29, 0.717) is 11.1 Å². The topological polar surface area (TPSA) is 45.2 Å². The summed E-state index contributed by atoms with van der Waals surface area (Å²) < 4.78 is 4.47. The van der Waals surface area contributed by atoms with Crippen LogP contribution in [0, 0.1) is 23.7 Å². The van der Waals surface area contributed by atoms with Gasteiger partial charge >= 0.3 is 0 Å². The Labute approximate surface area is 307 Å². The summed E-state index contributed by atoms with van der Waals surface area (Å²) in [6.07, 6.45) is 13.2. The van der Waals surface area contributed by atoms with Crippen molar-refractivity contribution in [2.24, 2.45) is 0 Å². The highest BCUT2D eigenvalue weighted by molar-refractivity contribution is 6.45. The summed E-state index contributed by atoms with van der Waals surface area (Å²) in [5.41, 5.74) is 8.94. The Morgan fingerprint density at radius 3 is 1.90 bits per heavy atom. The largest absolute Gasteiger partial charge is 0.506 e. The maximum atomic E-state index is 14.3. The van der Waals surface area contributed by atoms with E-state index in [1.54, 1.807) is 0 Å². The van der Waals surface area contributed by atoms with Gasteiger partial charge in [0.05, 0.1) is 22.3 Å². The number of nitrogens with zero attached hydrogens (tertiary/aromatic N) is 2. The van der Waals surface area contributed by atoms with Crippen molar-refractivity contribution in [1.29, 1.82) is 0 Å². The number of aliphatic hydroxyl groups is 1. The fraction of sp³-hybridized carbons (Fsp3) is 0.250. The molecule has 4 aromatic carbocycles. The van der Waals surface area contributed by atoms with Crippen molar-refractivity contribution in [2.75, 3.05) is 6.54 Å². The van der Waals surface area contributed by atoms with Crippen molar-refractivity contribution in [1.82, 2.24) is 4.57 Å². The van der Waals surface area contributed by atoms with E-state index < -0.39 is 0 Å². The van der Waals surface area contributed by atoms with Crippen molar-refractivity contribution >= 4 is 39.7 Å². The Morgan fingerprint density at radius 2 is 1.25 bits per heavy atom. The first kappa shape index (κ1) is 34.6. The van der Waals surface area contributed by atoms with Gasteiger partial charge in [-0.05, 0) is 67.4 Å². The molecule has 0 fully saturated rings. The minimum atomic E-state index is -0.130. The van der Waals surface area contributed by atoms with Crippen molar-refractivity contribution in [3.05, 3.63) is 148 Å². The van der Waals surface area contributed by atoms with Gasteiger partial charge in [0.2, 0.25) is 11.5 Å². The standard InChI is InChI=1S/C48H44N2O2/c1-3-5-7-15-29-49-33-41(39-31-37(25-27-43(39)49)23-21-35-17-11-9-12-18-35)45-47(51)46(48(45)52)42-34-50(30-16-8-6-4-2)44-28-26-38(32-40(42)44)24-22-36-19-13-10-14-20-36/h9-14,17-20,25-28,31-34H,3-8,15-16,29-30H2,1-2H3/p+1. The van der Waals surface area contributed by atoms with Crippen LogP contribution in [0.1, 0.15) is 98.6 Å². The molecular formula is C48H45N2O2+. The number of Topliss-reactive ketones (excluding diaryl/α,β-unsaturated/α-hetero) is 1. The third-order valence-corrected chi connectivity index (χ3v) is 9.98. The minimum Gasteiger partial charge on any atom is -0.506 e. The lowest BCUT2D eigenvalue weighted by atomic mass is 9.79. The average Bonchev–Trinajstić information content (AvgIpc) is 3.71. The zero-order chi connectivity index (χ0) is 35.9. The molecule has 1 aliphatic carbocycles. The molecule has 0 bridgehead atoms. The number of aromatic nitrogens is 1. The first-order valence-corrected chi connectivity index (χ1v) is 18.8. The van der Waals surface area contributed by atoms with Crippen LogP contribution in [0.3, 0.4) is 0 Å². The lowest BCUT2D eigenvalue weighted by molar-refractivity contribution is -0.432. The van der Waals surface area contributed by atoms with Crippen LogP contribution in [0.4, 0.5) is 5.69 Å². The second kappa shape index (κ2) is 16.0. The lowest BCUT2D eigenvalue weighted by Gasteiger charge is -2.22. The third-order valence-electron chi connectivity index (χ3n) is 9.98. The van der Waals surface area contributed by atoms with E-state index in [2.05, 4.69) is 83.3 Å². The molecule has 2 heterocycles. The number of aryl methyl sites for hydroxylation is 1. The Balaban J connectivity index is 1.30. The van der Waals surface area contributed by atoms with Crippen LogP contribution in [0.15, 0.2) is 115 Å². The van der Waals surface area contributed by atoms with Crippen molar-refractivity contribution in [3.8, 4) is 23.7 Å². The van der Waals surface area contributed by atoms with Crippen LogP contribution < -0.4 is 0 Å². The number of carbonyl (C=O) groups excluding carboxylic acids is 1. The number of hydrogen-bond donors (Lipinski definition) is 1. The van der Waals surface area contributed by atoms with E-state index in [4.69, 9.17) is 0 Å². The highest BCUT2D eigenvalue weighted by Gasteiger charge is 2.42. The number of aliphatic hydroxyl groups excluding tert-OH is 1. The Hall–Kier alpha value is -5.84. The van der Waals surface area contributed by atoms with E-state index in [9.17, 15) is 9.90 Å². The van der Waals surface area contributed by atoms with Crippen molar-refractivity contribution in [3.63, 3.8) is 0 Å². The molecule has 7 rings (SSSR count). The van der Waals surface area contributed by atoms with Crippen LogP contribution >= 0.6 is 0 Å². The predicted octanol–water partition coefficient (Wildman–Crippen LogP) is 10.6. The quantitative estimate of drug-likeness (QED) is 0.0653. The zero-order valence-electron chi connectivity index (χ0n) is 30.2. The van der Waals surface area contributed by atoms with E-state index in [0.717, 1.165) is 94.3 Å². The lowest BCUT2D eigenvalue weighted by Crippen LogP contribution is -2.23. The molecule has 4 heteroatoms. The molecule has 0 radical (unpaired) electrons. The summed E-state index contributed by atoms with van der Waals surface area (Å²) in [6.45, 7) is 6.14. The van der Waals surface area contributed by atoms with E-state index in [1.165, 1.54) is 25.7 Å². The molecule has 258 valence electrons. The number of unbranched alkanes of at least 4 members (excludes halogenated alkanes) is 6. The second-order valence-electron chi connectivity index (χ2n) is 13.7. The summed E-state index contributed by atoms with van der Waals surface area (Å²) in [6, 6.07) is 32.3. The molecule has 0 unspecified atom stereocenters. The average molecular weight is 682 g/mol. The number of allylic oxidation sites excluding steroid dienone is 3. The maximum Gasteiger partial charge on any atom is 0.213 e. The Kier molecular flexibility index (Phi) is 10.7. The van der Waals surface area contributed by atoms with E-state index >= 15 is 0 Å². The second-order valence-corrected chi connectivity index (χ2v) is 13.7. The molecule has 2 aliphatic rings. The monoisotopic (exact) mass is 681 g/mol. The van der Waals surface area contributed by atoms with Crippen molar-refractivity contribution in [2.45, 2.75) is 71.8 Å². The van der Waals surface area contributed by atoms with Crippen molar-refractivity contribution < 1.29 is 14.5 Å². The first-order chi connectivity index (χ1) is 25.6. The number of rotatable bonds is 11. The molecule has 0 atom stereocenters. The van der Waals surface area contributed by atoms with Crippen LogP contribution in [-0.4, -0.2) is 32.8 Å². The summed E-state index contributed by atoms with van der Waals surface area (Å²) in [5.74, 6) is 13.1. The molecule has 0 spiro atoms. The van der Waals surface area contributed by atoms with Gasteiger partial charge in [0, 0.05) is 63.9 Å². The molecule has 0 amide bonds. The van der Waals surface area contributed by atoms with E-state index in [1.807, 2.05) is 72.8 Å². The fourth-order valence-electron chi connectivity index (χ4n) is 7.17. The van der Waals surface area contributed by atoms with Crippen LogP contribution in [0.5, 0.6) is 0 Å². The maximum absolute atomic E-state index is 14.3. The summed E-state index contributed by atoms with van der Waals surface area (Å²) in [5, 5.41) is 12.8. The van der Waals surface area contributed by atoms with Gasteiger partial charge in [-0.2, -0.15) is 4.58 Å². The molecule has 4 nitrogen and oxygen atoms in total. The zero-order valence-corrected chi connectivity index (χ0v) is 30.2. The molecule has 1 N–H and O–H groups in total. The van der Waals surface area contributed by atoms with Crippen LogP contribution in [0.2, 0.25) is 0 Å². The van der Waals surface area contributed by atoms with Gasteiger partial charge in [-0.15, -0.1) is 0 Å². The molecule has 52 heavy (non-hydrogen) atoms. The third kappa shape index (κ3) is 7.30. The molecule has 1 aliphatic heterocycles. The highest BCUT2D eigenvalue weighted by atomic mass is 16.3. The Bertz CT molecular complexity index is 2350. The van der Waals surface area contributed by atoms with Gasteiger partial charge in [0.1, 0.15) is 12.3 Å². The molecule has 5 aromatic rings. The highest BCUT2D eigenvalue weighted by Crippen LogP contribution is 2.45. The minimum absolute atomic E-state index is 0.0570.